The van der Waals surface area contributed by atoms with Gasteiger partial charge in [-0.2, -0.15) is 0 Å². The van der Waals surface area contributed by atoms with Crippen LogP contribution in [0, 0.1) is 5.41 Å². The topological polar surface area (TPSA) is 54.5 Å². The highest BCUT2D eigenvalue weighted by molar-refractivity contribution is 5.85. The van der Waals surface area contributed by atoms with Crippen molar-refractivity contribution in [2.45, 2.75) is 19.3 Å². The summed E-state index contributed by atoms with van der Waals surface area (Å²) in [4.78, 5) is 18.0. The van der Waals surface area contributed by atoms with Crippen LogP contribution >= 0.6 is 24.8 Å². The molecule has 2 saturated heterocycles. The Morgan fingerprint density at radius 2 is 2.09 bits per heavy atom. The van der Waals surface area contributed by atoms with Gasteiger partial charge in [0.05, 0.1) is 6.20 Å². The van der Waals surface area contributed by atoms with Crippen LogP contribution in [0.1, 0.15) is 19.3 Å². The largest absolute Gasteiger partial charge is 0.482 e. The van der Waals surface area contributed by atoms with Gasteiger partial charge in [0.25, 0.3) is 5.91 Å². The van der Waals surface area contributed by atoms with E-state index in [4.69, 9.17) is 4.74 Å². The van der Waals surface area contributed by atoms with Gasteiger partial charge in [-0.3, -0.25) is 9.78 Å². The number of amides is 1. The molecule has 0 radical (unpaired) electrons. The van der Waals surface area contributed by atoms with E-state index >= 15 is 0 Å². The van der Waals surface area contributed by atoms with Gasteiger partial charge in [0.2, 0.25) is 0 Å². The van der Waals surface area contributed by atoms with Gasteiger partial charge in [-0.05, 0) is 43.4 Å². The molecule has 0 unspecified atom stereocenters. The molecule has 2 aliphatic rings. The van der Waals surface area contributed by atoms with Gasteiger partial charge in [-0.15, -0.1) is 24.8 Å². The first kappa shape index (κ1) is 19.0. The van der Waals surface area contributed by atoms with Crippen molar-refractivity contribution in [3.05, 3.63) is 24.5 Å². The molecule has 0 saturated carbocycles. The minimum atomic E-state index is 0. The van der Waals surface area contributed by atoms with Gasteiger partial charge in [-0.1, -0.05) is 0 Å². The predicted molar refractivity (Wildman–Crippen MR) is 90.0 cm³/mol. The van der Waals surface area contributed by atoms with E-state index < -0.39 is 0 Å². The molecule has 5 nitrogen and oxygen atoms in total. The van der Waals surface area contributed by atoms with E-state index in [-0.39, 0.29) is 37.3 Å². The minimum absolute atomic E-state index is 0. The van der Waals surface area contributed by atoms with Gasteiger partial charge in [0, 0.05) is 25.8 Å². The van der Waals surface area contributed by atoms with Crippen LogP contribution in [0.25, 0.3) is 0 Å². The van der Waals surface area contributed by atoms with Crippen molar-refractivity contribution in [3.8, 4) is 5.75 Å². The molecule has 2 aliphatic heterocycles. The van der Waals surface area contributed by atoms with Crippen LogP contribution in [-0.4, -0.2) is 48.6 Å². The summed E-state index contributed by atoms with van der Waals surface area (Å²) in [5.74, 6) is 0.726. The summed E-state index contributed by atoms with van der Waals surface area (Å²) >= 11 is 0. The number of halogens is 2. The smallest absolute Gasteiger partial charge is 0.260 e. The van der Waals surface area contributed by atoms with Crippen molar-refractivity contribution >= 4 is 30.7 Å². The van der Waals surface area contributed by atoms with E-state index in [0.717, 1.165) is 39.0 Å². The second-order valence-corrected chi connectivity index (χ2v) is 5.78. The number of likely N-dealkylation sites (tertiary alicyclic amines) is 1. The van der Waals surface area contributed by atoms with Crippen LogP contribution in [0.5, 0.6) is 5.75 Å². The normalized spacial score (nSPS) is 19.2. The number of pyridine rings is 1. The Kier molecular flexibility index (Phi) is 7.39. The van der Waals surface area contributed by atoms with E-state index in [0.29, 0.717) is 11.2 Å². The van der Waals surface area contributed by atoms with Crippen molar-refractivity contribution < 1.29 is 9.53 Å². The van der Waals surface area contributed by atoms with E-state index in [1.165, 1.54) is 6.42 Å². The number of hydrogen-bond donors (Lipinski definition) is 1. The molecule has 0 aliphatic carbocycles. The molecule has 0 bridgehead atoms. The molecule has 22 heavy (non-hydrogen) atoms. The Hall–Kier alpha value is -1.04. The third-order valence-corrected chi connectivity index (χ3v) is 4.51. The molecule has 1 aromatic heterocycles. The van der Waals surface area contributed by atoms with Crippen molar-refractivity contribution in [2.75, 3.05) is 32.8 Å². The number of ether oxygens (including phenoxy) is 1. The lowest BCUT2D eigenvalue weighted by atomic mass is 9.78. The summed E-state index contributed by atoms with van der Waals surface area (Å²) in [5, 5.41) is 3.44. The molecular formula is C15H23Cl2N3O2. The van der Waals surface area contributed by atoms with Gasteiger partial charge >= 0.3 is 0 Å². The molecule has 124 valence electrons. The van der Waals surface area contributed by atoms with Crippen LogP contribution < -0.4 is 10.1 Å². The third kappa shape index (κ3) is 4.48. The SMILES string of the molecule is Cl.Cl.O=C(COc1cccnc1)N1CCC2(CCNC2)CC1. The predicted octanol–water partition coefficient (Wildman–Crippen LogP) is 1.91. The van der Waals surface area contributed by atoms with Crippen LogP contribution in [0.15, 0.2) is 24.5 Å². The highest BCUT2D eigenvalue weighted by Crippen LogP contribution is 2.36. The Morgan fingerprint density at radius 3 is 2.68 bits per heavy atom. The lowest BCUT2D eigenvalue weighted by molar-refractivity contribution is -0.135. The Morgan fingerprint density at radius 1 is 1.32 bits per heavy atom. The Labute approximate surface area is 143 Å². The highest BCUT2D eigenvalue weighted by atomic mass is 35.5. The zero-order chi connectivity index (χ0) is 13.8. The maximum atomic E-state index is 12.1. The molecule has 3 rings (SSSR count). The third-order valence-electron chi connectivity index (χ3n) is 4.51. The van der Waals surface area contributed by atoms with E-state index in [1.807, 2.05) is 11.0 Å². The molecule has 0 aromatic carbocycles. The van der Waals surface area contributed by atoms with Crippen molar-refractivity contribution in [3.63, 3.8) is 0 Å². The first-order chi connectivity index (χ1) is 9.77. The Balaban J connectivity index is 0.00000121. The molecule has 1 amide bonds. The average Bonchev–Trinajstić information content (AvgIpc) is 2.95. The van der Waals surface area contributed by atoms with Crippen molar-refractivity contribution in [1.82, 2.24) is 15.2 Å². The maximum absolute atomic E-state index is 12.1. The summed E-state index contributed by atoms with van der Waals surface area (Å²) in [7, 11) is 0. The van der Waals surface area contributed by atoms with Crippen LogP contribution in [0.3, 0.4) is 0 Å². The van der Waals surface area contributed by atoms with Gasteiger partial charge in [0.15, 0.2) is 6.61 Å². The summed E-state index contributed by atoms with van der Waals surface area (Å²) in [6.45, 7) is 4.06. The number of rotatable bonds is 3. The molecular weight excluding hydrogens is 325 g/mol. The number of hydrogen-bond acceptors (Lipinski definition) is 4. The van der Waals surface area contributed by atoms with Crippen LogP contribution in [0.2, 0.25) is 0 Å². The number of nitrogens with zero attached hydrogens (tertiary/aromatic N) is 2. The number of piperidine rings is 1. The molecule has 1 N–H and O–H groups in total. The van der Waals surface area contributed by atoms with Crippen molar-refractivity contribution in [1.29, 1.82) is 0 Å². The van der Waals surface area contributed by atoms with Gasteiger partial charge in [-0.25, -0.2) is 0 Å². The monoisotopic (exact) mass is 347 g/mol. The second-order valence-electron chi connectivity index (χ2n) is 5.78. The molecule has 1 aromatic rings. The van der Waals surface area contributed by atoms with Crippen LogP contribution in [-0.2, 0) is 4.79 Å². The number of carbonyl (C=O) groups is 1. The lowest BCUT2D eigenvalue weighted by Gasteiger charge is -2.38. The van der Waals surface area contributed by atoms with Crippen molar-refractivity contribution in [2.24, 2.45) is 5.41 Å². The summed E-state index contributed by atoms with van der Waals surface area (Å²) in [5.41, 5.74) is 0.445. The minimum Gasteiger partial charge on any atom is -0.482 e. The van der Waals surface area contributed by atoms with E-state index in [9.17, 15) is 4.79 Å². The highest BCUT2D eigenvalue weighted by Gasteiger charge is 2.37. The molecule has 0 atom stereocenters. The Bertz CT molecular complexity index is 457. The van der Waals surface area contributed by atoms with Gasteiger partial charge < -0.3 is 15.0 Å². The van der Waals surface area contributed by atoms with E-state index in [2.05, 4.69) is 10.3 Å². The quantitative estimate of drug-likeness (QED) is 0.907. The molecule has 1 spiro atoms. The first-order valence-electron chi connectivity index (χ1n) is 7.29. The molecule has 2 fully saturated rings. The molecule has 7 heteroatoms. The van der Waals surface area contributed by atoms with Gasteiger partial charge in [0.1, 0.15) is 5.75 Å². The fraction of sp³-hybridized carbons (Fsp3) is 0.600. The maximum Gasteiger partial charge on any atom is 0.260 e. The zero-order valence-corrected chi connectivity index (χ0v) is 14.1. The second kappa shape index (κ2) is 8.56. The first-order valence-corrected chi connectivity index (χ1v) is 7.29. The zero-order valence-electron chi connectivity index (χ0n) is 12.5. The number of aromatic nitrogens is 1. The number of nitrogens with one attached hydrogen (secondary N) is 1. The summed E-state index contributed by atoms with van der Waals surface area (Å²) < 4.78 is 5.47. The lowest BCUT2D eigenvalue weighted by Crippen LogP contribution is -2.45. The number of carbonyl (C=O) groups excluding carboxylic acids is 1. The van der Waals surface area contributed by atoms with E-state index in [1.54, 1.807) is 18.5 Å². The fourth-order valence-corrected chi connectivity index (χ4v) is 3.12. The standard InChI is InChI=1S/C15H21N3O2.2ClH/c19-14(11-20-13-2-1-6-16-10-13)18-8-4-15(5-9-18)3-7-17-12-15;;/h1-2,6,10,17H,3-5,7-9,11-12H2;2*1H. The molecule has 3 heterocycles. The van der Waals surface area contributed by atoms with Crippen LogP contribution in [0.4, 0.5) is 0 Å². The summed E-state index contributed by atoms with van der Waals surface area (Å²) in [6.07, 6.45) is 6.79. The fourth-order valence-electron chi connectivity index (χ4n) is 3.12. The summed E-state index contributed by atoms with van der Waals surface area (Å²) in [6, 6.07) is 3.62. The average molecular weight is 348 g/mol.